The second kappa shape index (κ2) is 6.72. The number of carbonyl (C=O) groups excluding carboxylic acids is 1. The van der Waals surface area contributed by atoms with Crippen LogP contribution in [0.3, 0.4) is 0 Å². The van der Waals surface area contributed by atoms with Gasteiger partial charge in [0.2, 0.25) is 0 Å². The molecule has 1 amide bonds. The highest BCUT2D eigenvalue weighted by atomic mass is 32.1. The lowest BCUT2D eigenvalue weighted by molar-refractivity contribution is 0.103. The predicted molar refractivity (Wildman–Crippen MR) is 109 cm³/mol. The van der Waals surface area contributed by atoms with Crippen LogP contribution in [0.25, 0.3) is 10.2 Å². The molecule has 0 saturated carbocycles. The Labute approximate surface area is 157 Å². The summed E-state index contributed by atoms with van der Waals surface area (Å²) in [6.45, 7) is 4.10. The first kappa shape index (κ1) is 17.0. The SMILES string of the molecule is CCc1cccc(C)c1NC(=O)c1sc2nc3c(cc2c1N)CCCC3. The lowest BCUT2D eigenvalue weighted by atomic mass is 9.95. The Morgan fingerprint density at radius 3 is 2.92 bits per heavy atom. The maximum atomic E-state index is 12.9. The normalized spacial score (nSPS) is 13.6. The van der Waals surface area contributed by atoms with Gasteiger partial charge in [-0.25, -0.2) is 4.98 Å². The minimum absolute atomic E-state index is 0.146. The van der Waals surface area contributed by atoms with Gasteiger partial charge in [-0.15, -0.1) is 11.3 Å². The summed E-state index contributed by atoms with van der Waals surface area (Å²) >= 11 is 1.40. The van der Waals surface area contributed by atoms with E-state index in [0.717, 1.165) is 46.3 Å². The number of thiophene rings is 1. The van der Waals surface area contributed by atoms with Gasteiger partial charge >= 0.3 is 0 Å². The number of para-hydroxylation sites is 1. The van der Waals surface area contributed by atoms with Crippen molar-refractivity contribution in [2.24, 2.45) is 0 Å². The van der Waals surface area contributed by atoms with Crippen LogP contribution in [-0.2, 0) is 19.3 Å². The standard InChI is InChI=1S/C21H23N3OS/c1-3-13-9-6-7-12(2)18(13)24-20(25)19-17(22)15-11-14-8-4-5-10-16(14)23-21(15)26-19/h6-7,9,11H,3-5,8,10,22H2,1-2H3,(H,24,25). The average molecular weight is 366 g/mol. The number of benzene rings is 1. The van der Waals surface area contributed by atoms with Gasteiger partial charge in [0, 0.05) is 16.8 Å². The number of nitrogens with one attached hydrogen (secondary N) is 1. The zero-order valence-electron chi connectivity index (χ0n) is 15.2. The van der Waals surface area contributed by atoms with Crippen LogP contribution in [0.5, 0.6) is 0 Å². The topological polar surface area (TPSA) is 68.0 Å². The maximum Gasteiger partial charge on any atom is 0.267 e. The molecule has 2 aromatic heterocycles. The van der Waals surface area contributed by atoms with E-state index in [1.807, 2.05) is 25.1 Å². The number of aromatic nitrogens is 1. The smallest absolute Gasteiger partial charge is 0.267 e. The predicted octanol–water partition coefficient (Wildman–Crippen LogP) is 4.88. The van der Waals surface area contributed by atoms with Crippen molar-refractivity contribution in [3.8, 4) is 0 Å². The van der Waals surface area contributed by atoms with Crippen LogP contribution >= 0.6 is 11.3 Å². The number of nitrogens with two attached hydrogens (primary N) is 1. The molecular formula is C21H23N3OS. The van der Waals surface area contributed by atoms with Crippen LogP contribution in [0.2, 0.25) is 0 Å². The highest BCUT2D eigenvalue weighted by Crippen LogP contribution is 2.36. The Morgan fingerprint density at radius 1 is 1.31 bits per heavy atom. The fraction of sp³-hybridized carbons (Fsp3) is 0.333. The molecule has 134 valence electrons. The van der Waals surface area contributed by atoms with E-state index in [2.05, 4.69) is 18.3 Å². The zero-order chi connectivity index (χ0) is 18.3. The summed E-state index contributed by atoms with van der Waals surface area (Å²) in [4.78, 5) is 19.2. The number of fused-ring (bicyclic) bond motifs is 2. The average Bonchev–Trinajstić information content (AvgIpc) is 2.97. The summed E-state index contributed by atoms with van der Waals surface area (Å²) in [5, 5.41) is 4.00. The van der Waals surface area contributed by atoms with Crippen molar-refractivity contribution in [2.45, 2.75) is 46.0 Å². The maximum absolute atomic E-state index is 12.9. The molecule has 1 aromatic carbocycles. The summed E-state index contributed by atoms with van der Waals surface area (Å²) in [5.74, 6) is -0.146. The second-order valence-corrected chi connectivity index (χ2v) is 7.91. The zero-order valence-corrected chi connectivity index (χ0v) is 16.0. The van der Waals surface area contributed by atoms with Gasteiger partial charge in [-0.3, -0.25) is 4.79 Å². The number of nitrogen functional groups attached to an aromatic ring is 1. The van der Waals surface area contributed by atoms with Crippen LogP contribution in [0.15, 0.2) is 24.3 Å². The van der Waals surface area contributed by atoms with Crippen LogP contribution < -0.4 is 11.1 Å². The van der Waals surface area contributed by atoms with Crippen molar-refractivity contribution >= 4 is 38.8 Å². The Bertz CT molecular complexity index is 1010. The van der Waals surface area contributed by atoms with E-state index in [-0.39, 0.29) is 5.91 Å². The number of aryl methyl sites for hydroxylation is 4. The van der Waals surface area contributed by atoms with Gasteiger partial charge in [0.1, 0.15) is 9.71 Å². The van der Waals surface area contributed by atoms with Gasteiger partial charge in [0.15, 0.2) is 0 Å². The number of nitrogens with zero attached hydrogens (tertiary/aromatic N) is 1. The van der Waals surface area contributed by atoms with Crippen molar-refractivity contribution in [2.75, 3.05) is 11.1 Å². The largest absolute Gasteiger partial charge is 0.397 e. The molecule has 0 fully saturated rings. The molecular weight excluding hydrogens is 342 g/mol. The number of hydrogen-bond donors (Lipinski definition) is 2. The van der Waals surface area contributed by atoms with Gasteiger partial charge < -0.3 is 11.1 Å². The van der Waals surface area contributed by atoms with E-state index >= 15 is 0 Å². The fourth-order valence-electron chi connectivity index (χ4n) is 3.70. The van der Waals surface area contributed by atoms with E-state index in [1.165, 1.54) is 35.4 Å². The molecule has 1 aliphatic rings. The van der Waals surface area contributed by atoms with Crippen molar-refractivity contribution in [1.82, 2.24) is 4.98 Å². The molecule has 1 aliphatic carbocycles. The molecule has 0 bridgehead atoms. The van der Waals surface area contributed by atoms with Crippen LogP contribution in [0, 0.1) is 6.92 Å². The van der Waals surface area contributed by atoms with Gasteiger partial charge in [-0.2, -0.15) is 0 Å². The lowest BCUT2D eigenvalue weighted by Gasteiger charge is -2.14. The first-order valence-electron chi connectivity index (χ1n) is 9.19. The van der Waals surface area contributed by atoms with Gasteiger partial charge in [-0.1, -0.05) is 25.1 Å². The molecule has 2 heterocycles. The summed E-state index contributed by atoms with van der Waals surface area (Å²) < 4.78 is 0. The number of rotatable bonds is 3. The van der Waals surface area contributed by atoms with Crippen molar-refractivity contribution in [1.29, 1.82) is 0 Å². The molecule has 0 atom stereocenters. The Balaban J connectivity index is 1.73. The van der Waals surface area contributed by atoms with Crippen LogP contribution in [0.1, 0.15) is 51.8 Å². The van der Waals surface area contributed by atoms with Gasteiger partial charge in [0.05, 0.1) is 5.69 Å². The third-order valence-corrected chi connectivity index (χ3v) is 6.30. The van der Waals surface area contributed by atoms with Gasteiger partial charge in [-0.05, 0) is 61.8 Å². The number of hydrogen-bond acceptors (Lipinski definition) is 4. The number of amides is 1. The Kier molecular flexibility index (Phi) is 4.41. The molecule has 3 aromatic rings. The summed E-state index contributed by atoms with van der Waals surface area (Å²) in [6.07, 6.45) is 5.33. The second-order valence-electron chi connectivity index (χ2n) is 6.92. The van der Waals surface area contributed by atoms with Crippen molar-refractivity contribution in [3.63, 3.8) is 0 Å². The van der Waals surface area contributed by atoms with Crippen molar-refractivity contribution < 1.29 is 4.79 Å². The number of carbonyl (C=O) groups is 1. The van der Waals surface area contributed by atoms with Gasteiger partial charge in [0.25, 0.3) is 5.91 Å². The molecule has 26 heavy (non-hydrogen) atoms. The summed E-state index contributed by atoms with van der Waals surface area (Å²) in [6, 6.07) is 8.22. The minimum atomic E-state index is -0.146. The van der Waals surface area contributed by atoms with Crippen molar-refractivity contribution in [3.05, 3.63) is 51.5 Å². The monoisotopic (exact) mass is 365 g/mol. The van der Waals surface area contributed by atoms with E-state index in [0.29, 0.717) is 10.6 Å². The summed E-state index contributed by atoms with van der Waals surface area (Å²) in [7, 11) is 0. The molecule has 0 aliphatic heterocycles. The molecule has 4 nitrogen and oxygen atoms in total. The quantitative estimate of drug-likeness (QED) is 0.695. The third kappa shape index (κ3) is 2.86. The Hall–Kier alpha value is -2.40. The molecule has 4 rings (SSSR count). The molecule has 0 radical (unpaired) electrons. The first-order chi connectivity index (χ1) is 12.6. The van der Waals surface area contributed by atoms with E-state index in [9.17, 15) is 4.79 Å². The number of anilines is 2. The number of pyridine rings is 1. The van der Waals surface area contributed by atoms with E-state index < -0.39 is 0 Å². The lowest BCUT2D eigenvalue weighted by Crippen LogP contribution is -2.14. The third-order valence-electron chi connectivity index (χ3n) is 5.18. The molecule has 0 unspecified atom stereocenters. The minimum Gasteiger partial charge on any atom is -0.397 e. The highest BCUT2D eigenvalue weighted by molar-refractivity contribution is 7.21. The fourth-order valence-corrected chi connectivity index (χ4v) is 4.69. The van der Waals surface area contributed by atoms with Crippen LogP contribution in [0.4, 0.5) is 11.4 Å². The molecule has 0 saturated heterocycles. The Morgan fingerprint density at radius 2 is 2.12 bits per heavy atom. The van der Waals surface area contributed by atoms with Crippen LogP contribution in [-0.4, -0.2) is 10.9 Å². The van der Waals surface area contributed by atoms with E-state index in [1.54, 1.807) is 0 Å². The molecule has 3 N–H and O–H groups in total. The molecule has 5 heteroatoms. The summed E-state index contributed by atoms with van der Waals surface area (Å²) in [5.41, 5.74) is 12.4. The van der Waals surface area contributed by atoms with E-state index in [4.69, 9.17) is 10.7 Å². The molecule has 0 spiro atoms. The highest BCUT2D eigenvalue weighted by Gasteiger charge is 2.21. The first-order valence-corrected chi connectivity index (χ1v) is 10.0.